The Kier molecular flexibility index (Phi) is 4.38. The topological polar surface area (TPSA) is 139 Å². The Morgan fingerprint density at radius 2 is 2.30 bits per heavy atom. The Bertz CT molecular complexity index is 998. The molecule has 1 aliphatic carbocycles. The van der Waals surface area contributed by atoms with Crippen LogP contribution in [0.5, 0.6) is 0 Å². The van der Waals surface area contributed by atoms with Crippen molar-refractivity contribution in [1.29, 1.82) is 10.8 Å². The summed E-state index contributed by atoms with van der Waals surface area (Å²) in [5, 5.41) is 23.3. The highest BCUT2D eigenvalue weighted by Crippen LogP contribution is 2.29. The average molecular weight is 361 g/mol. The molecule has 0 bridgehead atoms. The second kappa shape index (κ2) is 6.99. The van der Waals surface area contributed by atoms with Gasteiger partial charge in [-0.3, -0.25) is 5.01 Å². The van der Waals surface area contributed by atoms with Crippen LogP contribution < -0.4 is 11.1 Å². The minimum atomic E-state index is 0.0717. The van der Waals surface area contributed by atoms with Gasteiger partial charge < -0.3 is 11.1 Å². The first-order valence-electron chi connectivity index (χ1n) is 8.79. The van der Waals surface area contributed by atoms with Crippen molar-refractivity contribution in [2.45, 2.75) is 25.3 Å². The maximum Gasteiger partial charge on any atom is 0.221 e. The van der Waals surface area contributed by atoms with Gasteiger partial charge in [-0.05, 0) is 31.0 Å². The molecule has 9 nitrogen and oxygen atoms in total. The summed E-state index contributed by atoms with van der Waals surface area (Å²) in [6.45, 7) is 1.58. The van der Waals surface area contributed by atoms with Crippen LogP contribution in [0.2, 0.25) is 0 Å². The van der Waals surface area contributed by atoms with E-state index in [0.29, 0.717) is 40.4 Å². The van der Waals surface area contributed by atoms with Crippen LogP contribution in [0.1, 0.15) is 30.5 Å². The number of nitrogens with two attached hydrogens (primary N) is 1. The van der Waals surface area contributed by atoms with E-state index in [2.05, 4.69) is 36.6 Å². The van der Waals surface area contributed by atoms with E-state index < -0.39 is 0 Å². The van der Waals surface area contributed by atoms with Gasteiger partial charge in [-0.1, -0.05) is 0 Å². The Balaban J connectivity index is 1.56. The Morgan fingerprint density at radius 3 is 3.04 bits per heavy atom. The second-order valence-electron chi connectivity index (χ2n) is 6.61. The largest absolute Gasteiger partial charge is 0.384 e. The molecule has 0 amide bonds. The fraction of sp³-hybridized carbons (Fsp3) is 0.333. The van der Waals surface area contributed by atoms with Crippen LogP contribution in [0.4, 0.5) is 5.95 Å². The molecule has 9 heteroatoms. The number of anilines is 1. The predicted molar refractivity (Wildman–Crippen MR) is 102 cm³/mol. The van der Waals surface area contributed by atoms with E-state index in [4.69, 9.17) is 16.5 Å². The SMILES string of the molecule is N#Cc1ccc2c(/C(=C/NCC3=NN(C4CC4)CC3)N=N)nc(N)nc2c1. The molecule has 136 valence electrons. The number of nitriles is 1. The molecule has 0 unspecified atom stereocenters. The maximum absolute atomic E-state index is 9.06. The number of nitrogen functional groups attached to an aromatic ring is 1. The number of hydrogen-bond acceptors (Lipinski definition) is 9. The maximum atomic E-state index is 9.06. The molecule has 1 fully saturated rings. The number of nitrogens with one attached hydrogen (secondary N) is 2. The van der Waals surface area contributed by atoms with Crippen molar-refractivity contribution in [1.82, 2.24) is 20.3 Å². The van der Waals surface area contributed by atoms with Gasteiger partial charge in [0.2, 0.25) is 5.95 Å². The standard InChI is InChI=1S/C18H19N9/c19-8-11-1-4-14-15(7-11)23-18(20)24-17(14)16(25-21)10-22-9-12-5-6-27(26-12)13-2-3-13/h1,4,7,10,13,21-22H,2-3,5-6,9H2,(H2,20,23,24)/b16-10-,25-21?. The third-order valence-corrected chi connectivity index (χ3v) is 4.62. The molecule has 1 aromatic carbocycles. The van der Waals surface area contributed by atoms with Gasteiger partial charge >= 0.3 is 0 Å². The molecule has 2 aliphatic rings. The molecule has 27 heavy (non-hydrogen) atoms. The lowest BCUT2D eigenvalue weighted by molar-refractivity contribution is 0.307. The van der Waals surface area contributed by atoms with Crippen molar-refractivity contribution in [2.75, 3.05) is 18.8 Å². The van der Waals surface area contributed by atoms with Gasteiger partial charge in [0.15, 0.2) is 0 Å². The van der Waals surface area contributed by atoms with Crippen LogP contribution in [0, 0.1) is 16.9 Å². The van der Waals surface area contributed by atoms with Gasteiger partial charge in [0.25, 0.3) is 0 Å². The summed E-state index contributed by atoms with van der Waals surface area (Å²) >= 11 is 0. The zero-order chi connectivity index (χ0) is 18.8. The first-order chi connectivity index (χ1) is 13.2. The number of hydrazone groups is 1. The number of hydrogen-bond donors (Lipinski definition) is 3. The van der Waals surface area contributed by atoms with Crippen LogP contribution in [0.3, 0.4) is 0 Å². The highest BCUT2D eigenvalue weighted by Gasteiger charge is 2.30. The van der Waals surface area contributed by atoms with Crippen molar-refractivity contribution in [2.24, 2.45) is 10.2 Å². The summed E-state index contributed by atoms with van der Waals surface area (Å²) in [6.07, 6.45) is 5.07. The van der Waals surface area contributed by atoms with Gasteiger partial charge in [-0.15, -0.1) is 0 Å². The van der Waals surface area contributed by atoms with E-state index in [1.807, 2.05) is 0 Å². The molecule has 1 aliphatic heterocycles. The minimum absolute atomic E-state index is 0.0717. The van der Waals surface area contributed by atoms with E-state index in [0.717, 1.165) is 18.7 Å². The molecule has 4 N–H and O–H groups in total. The second-order valence-corrected chi connectivity index (χ2v) is 6.61. The molecule has 0 radical (unpaired) electrons. The smallest absolute Gasteiger partial charge is 0.221 e. The number of rotatable bonds is 6. The quantitative estimate of drug-likeness (QED) is 0.674. The summed E-state index contributed by atoms with van der Waals surface area (Å²) in [7, 11) is 0. The fourth-order valence-corrected chi connectivity index (χ4v) is 3.12. The monoisotopic (exact) mass is 361 g/mol. The molecule has 0 saturated heterocycles. The Morgan fingerprint density at radius 1 is 1.44 bits per heavy atom. The minimum Gasteiger partial charge on any atom is -0.384 e. The lowest BCUT2D eigenvalue weighted by atomic mass is 10.1. The fourth-order valence-electron chi connectivity index (χ4n) is 3.12. The molecule has 2 heterocycles. The van der Waals surface area contributed by atoms with Crippen LogP contribution in [-0.4, -0.2) is 39.8 Å². The first-order valence-corrected chi connectivity index (χ1v) is 8.79. The zero-order valence-corrected chi connectivity index (χ0v) is 14.7. The average Bonchev–Trinajstić information content (AvgIpc) is 3.43. The Hall–Kier alpha value is -3.54. The normalized spacial score (nSPS) is 16.9. The van der Waals surface area contributed by atoms with Gasteiger partial charge in [-0.25, -0.2) is 15.5 Å². The molecule has 2 aromatic rings. The predicted octanol–water partition coefficient (Wildman–Crippen LogP) is 2.23. The van der Waals surface area contributed by atoms with Crippen molar-refractivity contribution in [3.63, 3.8) is 0 Å². The van der Waals surface area contributed by atoms with E-state index >= 15 is 0 Å². The van der Waals surface area contributed by atoms with E-state index in [1.54, 1.807) is 24.4 Å². The summed E-state index contributed by atoms with van der Waals surface area (Å²) < 4.78 is 0. The van der Waals surface area contributed by atoms with Crippen molar-refractivity contribution in [3.05, 3.63) is 35.7 Å². The molecular formula is C18H19N9. The third-order valence-electron chi connectivity index (χ3n) is 4.62. The van der Waals surface area contributed by atoms with Crippen molar-refractivity contribution < 1.29 is 0 Å². The molecule has 1 aromatic heterocycles. The van der Waals surface area contributed by atoms with Gasteiger partial charge in [0, 0.05) is 30.6 Å². The van der Waals surface area contributed by atoms with Crippen LogP contribution >= 0.6 is 0 Å². The molecule has 1 saturated carbocycles. The van der Waals surface area contributed by atoms with E-state index in [-0.39, 0.29) is 5.95 Å². The number of aromatic nitrogens is 2. The number of nitrogens with zero attached hydrogens (tertiary/aromatic N) is 6. The Labute approximate surface area is 156 Å². The molecular weight excluding hydrogens is 342 g/mol. The summed E-state index contributed by atoms with van der Waals surface area (Å²) in [4.78, 5) is 8.42. The third kappa shape index (κ3) is 3.55. The van der Waals surface area contributed by atoms with E-state index in [9.17, 15) is 0 Å². The highest BCUT2D eigenvalue weighted by molar-refractivity contribution is 5.91. The van der Waals surface area contributed by atoms with Crippen LogP contribution in [-0.2, 0) is 0 Å². The molecule has 0 spiro atoms. The van der Waals surface area contributed by atoms with Gasteiger partial charge in [0.05, 0.1) is 29.4 Å². The van der Waals surface area contributed by atoms with Crippen molar-refractivity contribution in [3.8, 4) is 6.07 Å². The summed E-state index contributed by atoms with van der Waals surface area (Å²) in [6, 6.07) is 7.78. The zero-order valence-electron chi connectivity index (χ0n) is 14.7. The number of benzene rings is 1. The lowest BCUT2D eigenvalue weighted by Gasteiger charge is -2.10. The van der Waals surface area contributed by atoms with Crippen molar-refractivity contribution >= 4 is 28.3 Å². The summed E-state index contributed by atoms with van der Waals surface area (Å²) in [5.41, 5.74) is 16.3. The van der Waals surface area contributed by atoms with E-state index in [1.165, 1.54) is 12.8 Å². The first kappa shape index (κ1) is 16.9. The van der Waals surface area contributed by atoms with Gasteiger partial charge in [-0.2, -0.15) is 15.5 Å². The lowest BCUT2D eigenvalue weighted by Crippen LogP contribution is -2.17. The molecule has 4 rings (SSSR count). The number of fused-ring (bicyclic) bond motifs is 1. The van der Waals surface area contributed by atoms with Crippen LogP contribution in [0.15, 0.2) is 34.6 Å². The summed E-state index contributed by atoms with van der Waals surface area (Å²) in [5.74, 6) is 0.0717. The highest BCUT2D eigenvalue weighted by atomic mass is 15.5. The van der Waals surface area contributed by atoms with Crippen LogP contribution in [0.25, 0.3) is 16.6 Å². The molecule has 0 atom stereocenters. The van der Waals surface area contributed by atoms with Gasteiger partial charge in [0.1, 0.15) is 11.4 Å².